The van der Waals surface area contributed by atoms with Crippen molar-refractivity contribution in [2.24, 2.45) is 0 Å². The maximum Gasteiger partial charge on any atom is 0.241 e. The zero-order valence-corrected chi connectivity index (χ0v) is 15.6. The molecule has 0 saturated carbocycles. The number of carbonyl (C=O) groups excluding carboxylic acids is 2. The fourth-order valence-electron chi connectivity index (χ4n) is 3.23. The number of hydrogen-bond acceptors (Lipinski definition) is 3. The standard InChI is InChI=1S/C20H22ClN3O2/c1-13-11-19(25)23-17-9-5-6-10-18(17)24(13)20(26)12-22-14(2)15-7-3-4-8-16(15)21/h3-10,13-14,22H,11-12H2,1-2H3,(H,23,25)/t13-,14-/m1/s1. The van der Waals surface area contributed by atoms with E-state index in [4.69, 9.17) is 11.6 Å². The number of para-hydroxylation sites is 2. The molecule has 3 rings (SSSR count). The first-order valence-electron chi connectivity index (χ1n) is 8.66. The summed E-state index contributed by atoms with van der Waals surface area (Å²) in [5.41, 5.74) is 2.33. The maximum atomic E-state index is 12.9. The van der Waals surface area contributed by atoms with Gasteiger partial charge in [0.15, 0.2) is 0 Å². The molecular formula is C20H22ClN3O2. The molecule has 2 amide bonds. The van der Waals surface area contributed by atoms with Crippen molar-refractivity contribution in [2.75, 3.05) is 16.8 Å². The summed E-state index contributed by atoms with van der Waals surface area (Å²) in [5, 5.41) is 6.77. The lowest BCUT2D eigenvalue weighted by Gasteiger charge is -2.28. The van der Waals surface area contributed by atoms with E-state index in [1.54, 1.807) is 4.90 Å². The van der Waals surface area contributed by atoms with E-state index in [1.165, 1.54) is 0 Å². The zero-order chi connectivity index (χ0) is 18.7. The summed E-state index contributed by atoms with van der Waals surface area (Å²) < 4.78 is 0. The SMILES string of the molecule is C[C@@H]1CC(=O)Nc2ccccc2N1C(=O)CN[C@H](C)c1ccccc1Cl. The van der Waals surface area contributed by atoms with Gasteiger partial charge in [0.1, 0.15) is 0 Å². The number of halogens is 1. The van der Waals surface area contributed by atoms with Crippen LogP contribution in [0.4, 0.5) is 11.4 Å². The highest BCUT2D eigenvalue weighted by atomic mass is 35.5. The first kappa shape index (κ1) is 18.4. The second-order valence-corrected chi connectivity index (χ2v) is 6.91. The normalized spacial score (nSPS) is 17.9. The van der Waals surface area contributed by atoms with Crippen molar-refractivity contribution in [1.82, 2.24) is 5.32 Å². The Bertz CT molecular complexity index is 824. The highest BCUT2D eigenvalue weighted by Gasteiger charge is 2.29. The van der Waals surface area contributed by atoms with Crippen LogP contribution in [0.25, 0.3) is 0 Å². The third-order valence-corrected chi connectivity index (χ3v) is 4.90. The minimum atomic E-state index is -0.219. The van der Waals surface area contributed by atoms with Crippen LogP contribution in [0.3, 0.4) is 0 Å². The largest absolute Gasteiger partial charge is 0.324 e. The summed E-state index contributed by atoms with van der Waals surface area (Å²) in [5.74, 6) is -0.169. The third-order valence-electron chi connectivity index (χ3n) is 4.56. The third kappa shape index (κ3) is 3.89. The number of carbonyl (C=O) groups is 2. The van der Waals surface area contributed by atoms with Crippen LogP contribution in [0.1, 0.15) is 31.9 Å². The average molecular weight is 372 g/mol. The summed E-state index contributed by atoms with van der Waals surface area (Å²) in [4.78, 5) is 26.7. The molecule has 0 aromatic heterocycles. The first-order chi connectivity index (χ1) is 12.5. The lowest BCUT2D eigenvalue weighted by molar-refractivity contribution is -0.118. The second-order valence-electron chi connectivity index (χ2n) is 6.51. The number of benzene rings is 2. The lowest BCUT2D eigenvalue weighted by atomic mass is 10.1. The van der Waals surface area contributed by atoms with Gasteiger partial charge in [0.2, 0.25) is 11.8 Å². The highest BCUT2D eigenvalue weighted by Crippen LogP contribution is 2.31. The highest BCUT2D eigenvalue weighted by molar-refractivity contribution is 6.31. The number of hydrogen-bond donors (Lipinski definition) is 2. The quantitative estimate of drug-likeness (QED) is 0.860. The van der Waals surface area contributed by atoms with Gasteiger partial charge in [0, 0.05) is 23.5 Å². The van der Waals surface area contributed by atoms with Gasteiger partial charge in [-0.3, -0.25) is 9.59 Å². The molecule has 26 heavy (non-hydrogen) atoms. The molecule has 1 aliphatic heterocycles. The van der Waals surface area contributed by atoms with E-state index in [9.17, 15) is 9.59 Å². The summed E-state index contributed by atoms with van der Waals surface area (Å²) >= 11 is 6.23. The van der Waals surface area contributed by atoms with Crippen LogP contribution in [0, 0.1) is 0 Å². The van der Waals surface area contributed by atoms with Gasteiger partial charge in [-0.25, -0.2) is 0 Å². The number of amides is 2. The molecular weight excluding hydrogens is 350 g/mol. The van der Waals surface area contributed by atoms with Crippen LogP contribution >= 0.6 is 11.6 Å². The Morgan fingerprint density at radius 3 is 2.73 bits per heavy atom. The Morgan fingerprint density at radius 2 is 1.96 bits per heavy atom. The molecule has 136 valence electrons. The zero-order valence-electron chi connectivity index (χ0n) is 14.8. The van der Waals surface area contributed by atoms with Gasteiger partial charge in [-0.05, 0) is 37.6 Å². The number of rotatable bonds is 4. The van der Waals surface area contributed by atoms with E-state index in [2.05, 4.69) is 10.6 Å². The molecule has 2 atom stereocenters. The van der Waals surface area contributed by atoms with Crippen molar-refractivity contribution in [3.8, 4) is 0 Å². The molecule has 2 N–H and O–H groups in total. The van der Waals surface area contributed by atoms with Crippen LogP contribution < -0.4 is 15.5 Å². The van der Waals surface area contributed by atoms with Crippen molar-refractivity contribution >= 4 is 34.8 Å². The molecule has 5 nitrogen and oxygen atoms in total. The Balaban J connectivity index is 1.76. The molecule has 0 fully saturated rings. The molecule has 1 heterocycles. The molecule has 0 unspecified atom stereocenters. The monoisotopic (exact) mass is 371 g/mol. The van der Waals surface area contributed by atoms with Crippen LogP contribution in [-0.4, -0.2) is 24.4 Å². The van der Waals surface area contributed by atoms with Gasteiger partial charge < -0.3 is 15.5 Å². The molecule has 0 bridgehead atoms. The Kier molecular flexibility index (Phi) is 5.59. The minimum absolute atomic E-state index is 0.0649. The minimum Gasteiger partial charge on any atom is -0.324 e. The lowest BCUT2D eigenvalue weighted by Crippen LogP contribution is -2.44. The van der Waals surface area contributed by atoms with Gasteiger partial charge in [-0.15, -0.1) is 0 Å². The van der Waals surface area contributed by atoms with E-state index in [0.29, 0.717) is 10.7 Å². The fourth-order valence-corrected chi connectivity index (χ4v) is 3.53. The van der Waals surface area contributed by atoms with E-state index < -0.39 is 0 Å². The summed E-state index contributed by atoms with van der Waals surface area (Å²) in [7, 11) is 0. The van der Waals surface area contributed by atoms with Crippen LogP contribution in [0.15, 0.2) is 48.5 Å². The molecule has 0 aliphatic carbocycles. The van der Waals surface area contributed by atoms with E-state index >= 15 is 0 Å². The van der Waals surface area contributed by atoms with E-state index in [0.717, 1.165) is 11.3 Å². The second kappa shape index (κ2) is 7.89. The van der Waals surface area contributed by atoms with Crippen molar-refractivity contribution in [1.29, 1.82) is 0 Å². The number of nitrogens with zero attached hydrogens (tertiary/aromatic N) is 1. The molecule has 0 saturated heterocycles. The molecule has 2 aromatic rings. The van der Waals surface area contributed by atoms with Crippen LogP contribution in [0.5, 0.6) is 0 Å². The van der Waals surface area contributed by atoms with Gasteiger partial charge in [-0.1, -0.05) is 41.9 Å². The van der Waals surface area contributed by atoms with Crippen molar-refractivity contribution in [3.63, 3.8) is 0 Å². The molecule has 1 aliphatic rings. The molecule has 0 radical (unpaired) electrons. The van der Waals surface area contributed by atoms with Gasteiger partial charge in [0.05, 0.1) is 17.9 Å². The van der Waals surface area contributed by atoms with Crippen molar-refractivity contribution in [3.05, 3.63) is 59.1 Å². The van der Waals surface area contributed by atoms with E-state index in [-0.39, 0.29) is 36.9 Å². The smallest absolute Gasteiger partial charge is 0.241 e. The Morgan fingerprint density at radius 1 is 1.27 bits per heavy atom. The van der Waals surface area contributed by atoms with Crippen molar-refractivity contribution in [2.45, 2.75) is 32.4 Å². The summed E-state index contributed by atoms with van der Waals surface area (Å²) in [6, 6.07) is 14.7. The predicted octanol–water partition coefficient (Wildman–Crippen LogP) is 3.75. The fraction of sp³-hybridized carbons (Fsp3) is 0.300. The molecule has 2 aromatic carbocycles. The molecule has 6 heteroatoms. The maximum absolute atomic E-state index is 12.9. The molecule has 0 spiro atoms. The van der Waals surface area contributed by atoms with Gasteiger partial charge in [-0.2, -0.15) is 0 Å². The Labute approximate surface area is 158 Å². The first-order valence-corrected chi connectivity index (χ1v) is 9.04. The van der Waals surface area contributed by atoms with Crippen molar-refractivity contribution < 1.29 is 9.59 Å². The number of anilines is 2. The van der Waals surface area contributed by atoms with Crippen LogP contribution in [0.2, 0.25) is 5.02 Å². The van der Waals surface area contributed by atoms with Gasteiger partial charge >= 0.3 is 0 Å². The Hall–Kier alpha value is -2.37. The van der Waals surface area contributed by atoms with Crippen LogP contribution in [-0.2, 0) is 9.59 Å². The summed E-state index contributed by atoms with van der Waals surface area (Å²) in [6.45, 7) is 4.01. The number of nitrogens with one attached hydrogen (secondary N) is 2. The number of fused-ring (bicyclic) bond motifs is 1. The summed E-state index contributed by atoms with van der Waals surface area (Å²) in [6.07, 6.45) is 0.264. The van der Waals surface area contributed by atoms with E-state index in [1.807, 2.05) is 62.4 Å². The topological polar surface area (TPSA) is 61.4 Å². The van der Waals surface area contributed by atoms with Gasteiger partial charge in [0.25, 0.3) is 0 Å². The predicted molar refractivity (Wildman–Crippen MR) is 105 cm³/mol. The average Bonchev–Trinajstić information content (AvgIpc) is 2.74.